The molecule has 0 saturated carbocycles. The molecule has 0 radical (unpaired) electrons. The van der Waals surface area contributed by atoms with E-state index in [-0.39, 0.29) is 0 Å². The number of urea groups is 1. The van der Waals surface area contributed by atoms with Crippen molar-refractivity contribution in [1.29, 1.82) is 0 Å². The van der Waals surface area contributed by atoms with Crippen LogP contribution in [0.1, 0.15) is 18.9 Å². The van der Waals surface area contributed by atoms with Crippen molar-refractivity contribution in [3.8, 4) is 5.75 Å². The fraction of sp³-hybridized carbons (Fsp3) is 0.273. The summed E-state index contributed by atoms with van der Waals surface area (Å²) in [5, 5.41) is 4.13. The molecule has 0 atom stereocenters. The lowest BCUT2D eigenvalue weighted by Gasteiger charge is -2.06. The highest BCUT2D eigenvalue weighted by Gasteiger charge is 2.01. The number of hydrogen-bond acceptors (Lipinski definition) is 3. The number of carbonyl (C=O) groups excluding carboxylic acids is 1. The van der Waals surface area contributed by atoms with Gasteiger partial charge in [-0.05, 0) is 30.2 Å². The second kappa shape index (κ2) is 6.75. The van der Waals surface area contributed by atoms with Crippen molar-refractivity contribution >= 4 is 23.8 Å². The van der Waals surface area contributed by atoms with E-state index in [1.165, 1.54) is 6.21 Å². The van der Waals surface area contributed by atoms with Gasteiger partial charge < -0.3 is 10.5 Å². The van der Waals surface area contributed by atoms with E-state index in [0.717, 1.165) is 12.0 Å². The van der Waals surface area contributed by atoms with Crippen molar-refractivity contribution in [2.75, 3.05) is 6.61 Å². The first-order valence-corrected chi connectivity index (χ1v) is 5.52. The molecule has 0 heterocycles. The van der Waals surface area contributed by atoms with Gasteiger partial charge in [0.25, 0.3) is 0 Å². The maximum atomic E-state index is 10.4. The Hall–Kier alpha value is -1.75. The Balaban J connectivity index is 2.68. The van der Waals surface area contributed by atoms with Gasteiger partial charge in [0.15, 0.2) is 0 Å². The Labute approximate surface area is 105 Å². The van der Waals surface area contributed by atoms with Crippen LogP contribution in [0.3, 0.4) is 0 Å². The van der Waals surface area contributed by atoms with Crippen LogP contribution in [-0.2, 0) is 0 Å². The molecule has 1 aromatic carbocycles. The van der Waals surface area contributed by atoms with Crippen LogP contribution in [0.25, 0.3) is 0 Å². The molecule has 0 aliphatic carbocycles. The maximum absolute atomic E-state index is 10.4. The van der Waals surface area contributed by atoms with E-state index >= 15 is 0 Å². The zero-order valence-corrected chi connectivity index (χ0v) is 10.2. The monoisotopic (exact) mass is 255 g/mol. The van der Waals surface area contributed by atoms with Crippen LogP contribution >= 0.6 is 11.6 Å². The Morgan fingerprint density at radius 2 is 2.41 bits per heavy atom. The Bertz CT molecular complexity index is 421. The van der Waals surface area contributed by atoms with E-state index in [1.54, 1.807) is 18.2 Å². The summed E-state index contributed by atoms with van der Waals surface area (Å²) in [6, 6.07) is 4.51. The largest absolute Gasteiger partial charge is 0.492 e. The topological polar surface area (TPSA) is 76.7 Å². The molecular formula is C11H14ClN3O2. The molecule has 0 aromatic heterocycles. The Kier molecular flexibility index (Phi) is 5.29. The van der Waals surface area contributed by atoms with E-state index in [0.29, 0.717) is 17.4 Å². The summed E-state index contributed by atoms with van der Waals surface area (Å²) in [6.07, 6.45) is 2.36. The van der Waals surface area contributed by atoms with Gasteiger partial charge in [0.2, 0.25) is 0 Å². The van der Waals surface area contributed by atoms with Crippen LogP contribution in [-0.4, -0.2) is 18.9 Å². The molecule has 1 aromatic rings. The van der Waals surface area contributed by atoms with E-state index in [2.05, 4.69) is 10.5 Å². The zero-order valence-electron chi connectivity index (χ0n) is 9.44. The molecule has 0 unspecified atom stereocenters. The zero-order chi connectivity index (χ0) is 12.7. The first kappa shape index (κ1) is 13.3. The van der Waals surface area contributed by atoms with Crippen LogP contribution < -0.4 is 15.9 Å². The van der Waals surface area contributed by atoms with Gasteiger partial charge in [0.1, 0.15) is 5.75 Å². The quantitative estimate of drug-likeness (QED) is 0.625. The number of ether oxygens (including phenoxy) is 1. The highest BCUT2D eigenvalue weighted by atomic mass is 35.5. The van der Waals surface area contributed by atoms with Crippen molar-refractivity contribution in [1.82, 2.24) is 5.43 Å². The van der Waals surface area contributed by atoms with Gasteiger partial charge in [-0.25, -0.2) is 10.2 Å². The standard InChI is InChI=1S/C11H14ClN3O2/c1-2-5-17-10-4-3-8(6-9(10)12)7-14-15-11(13)16/h3-4,6-7H,2,5H2,1H3,(H3,13,15,16). The van der Waals surface area contributed by atoms with Crippen LogP contribution in [0.4, 0.5) is 4.79 Å². The van der Waals surface area contributed by atoms with E-state index in [1.807, 2.05) is 6.92 Å². The third kappa shape index (κ3) is 4.74. The van der Waals surface area contributed by atoms with Crippen molar-refractivity contribution in [3.63, 3.8) is 0 Å². The number of rotatable bonds is 5. The number of hydrogen-bond donors (Lipinski definition) is 2. The Morgan fingerprint density at radius 3 is 3.00 bits per heavy atom. The van der Waals surface area contributed by atoms with Crippen molar-refractivity contribution in [3.05, 3.63) is 28.8 Å². The number of amides is 2. The van der Waals surface area contributed by atoms with E-state index in [4.69, 9.17) is 22.1 Å². The summed E-state index contributed by atoms with van der Waals surface area (Å²) in [7, 11) is 0. The minimum atomic E-state index is -0.713. The number of nitrogens with zero attached hydrogens (tertiary/aromatic N) is 1. The molecule has 0 bridgehead atoms. The number of primary amides is 1. The highest BCUT2D eigenvalue weighted by molar-refractivity contribution is 6.32. The van der Waals surface area contributed by atoms with Gasteiger partial charge >= 0.3 is 6.03 Å². The molecule has 1 rings (SSSR count). The molecular weight excluding hydrogens is 242 g/mol. The minimum Gasteiger partial charge on any atom is -0.492 e. The van der Waals surface area contributed by atoms with E-state index < -0.39 is 6.03 Å². The molecule has 0 saturated heterocycles. The Morgan fingerprint density at radius 1 is 1.65 bits per heavy atom. The molecule has 3 N–H and O–H groups in total. The summed E-state index contributed by atoms with van der Waals surface area (Å²) in [6.45, 7) is 2.64. The average Bonchev–Trinajstić information content (AvgIpc) is 2.27. The van der Waals surface area contributed by atoms with Crippen molar-refractivity contribution < 1.29 is 9.53 Å². The number of benzene rings is 1. The minimum absolute atomic E-state index is 0.501. The summed E-state index contributed by atoms with van der Waals surface area (Å²) in [5.74, 6) is 0.633. The first-order chi connectivity index (χ1) is 8.13. The SMILES string of the molecule is CCCOc1ccc(C=NNC(N)=O)cc1Cl. The predicted molar refractivity (Wildman–Crippen MR) is 67.6 cm³/mol. The fourth-order valence-electron chi connectivity index (χ4n) is 1.10. The normalized spacial score (nSPS) is 10.5. The highest BCUT2D eigenvalue weighted by Crippen LogP contribution is 2.24. The predicted octanol–water partition coefficient (Wildman–Crippen LogP) is 2.13. The molecule has 2 amide bonds. The molecule has 0 aliphatic rings. The third-order valence-electron chi connectivity index (χ3n) is 1.81. The second-order valence-electron chi connectivity index (χ2n) is 3.27. The van der Waals surface area contributed by atoms with Crippen LogP contribution in [0.15, 0.2) is 23.3 Å². The van der Waals surface area contributed by atoms with Gasteiger partial charge in [-0.3, -0.25) is 0 Å². The maximum Gasteiger partial charge on any atom is 0.332 e. The van der Waals surface area contributed by atoms with Gasteiger partial charge in [0.05, 0.1) is 17.8 Å². The summed E-state index contributed by atoms with van der Waals surface area (Å²) < 4.78 is 5.42. The van der Waals surface area contributed by atoms with Gasteiger partial charge in [-0.1, -0.05) is 18.5 Å². The lowest BCUT2D eigenvalue weighted by molar-refractivity contribution is 0.249. The van der Waals surface area contributed by atoms with Gasteiger partial charge in [-0.2, -0.15) is 5.10 Å². The molecule has 0 fully saturated rings. The van der Waals surface area contributed by atoms with Crippen molar-refractivity contribution in [2.45, 2.75) is 13.3 Å². The molecule has 0 aliphatic heterocycles. The number of carbonyl (C=O) groups is 1. The summed E-state index contributed by atoms with van der Waals surface area (Å²) in [4.78, 5) is 10.4. The van der Waals surface area contributed by atoms with Crippen LogP contribution in [0.2, 0.25) is 5.02 Å². The number of halogens is 1. The molecule has 6 heteroatoms. The van der Waals surface area contributed by atoms with Gasteiger partial charge in [-0.15, -0.1) is 0 Å². The first-order valence-electron chi connectivity index (χ1n) is 5.14. The molecule has 0 spiro atoms. The lowest BCUT2D eigenvalue weighted by atomic mass is 10.2. The van der Waals surface area contributed by atoms with E-state index in [9.17, 15) is 4.79 Å². The third-order valence-corrected chi connectivity index (χ3v) is 2.10. The van der Waals surface area contributed by atoms with Crippen molar-refractivity contribution in [2.24, 2.45) is 10.8 Å². The lowest BCUT2D eigenvalue weighted by Crippen LogP contribution is -2.24. The second-order valence-corrected chi connectivity index (χ2v) is 3.68. The fourth-order valence-corrected chi connectivity index (χ4v) is 1.34. The molecule has 17 heavy (non-hydrogen) atoms. The van der Waals surface area contributed by atoms with Crippen LogP contribution in [0.5, 0.6) is 5.75 Å². The molecule has 92 valence electrons. The number of hydrazone groups is 1. The van der Waals surface area contributed by atoms with Gasteiger partial charge in [0, 0.05) is 0 Å². The summed E-state index contributed by atoms with van der Waals surface area (Å²) >= 11 is 6.01. The number of nitrogens with one attached hydrogen (secondary N) is 1. The molecule has 5 nitrogen and oxygen atoms in total. The summed E-state index contributed by atoms with van der Waals surface area (Å²) in [5.41, 5.74) is 7.70. The smallest absolute Gasteiger partial charge is 0.332 e. The average molecular weight is 256 g/mol. The van der Waals surface area contributed by atoms with Crippen LogP contribution in [0, 0.1) is 0 Å². The number of nitrogens with two attached hydrogens (primary N) is 1.